The third-order valence-electron chi connectivity index (χ3n) is 6.50. The fourth-order valence-corrected chi connectivity index (χ4v) is 5.09. The van der Waals surface area contributed by atoms with Crippen LogP contribution in [0.2, 0.25) is 5.02 Å². The molecule has 1 aromatic rings. The molecule has 6 heteroatoms. The third-order valence-corrected chi connectivity index (χ3v) is 6.81. The largest absolute Gasteiger partial charge is 0.381 e. The lowest BCUT2D eigenvalue weighted by atomic mass is 9.82. The second-order valence-corrected chi connectivity index (χ2v) is 9.22. The van der Waals surface area contributed by atoms with Crippen LogP contribution in [0.5, 0.6) is 0 Å². The Bertz CT molecular complexity index is 870. The Hall–Kier alpha value is -2.45. The van der Waals surface area contributed by atoms with E-state index in [1.54, 1.807) is 12.1 Å². The van der Waals surface area contributed by atoms with Crippen molar-refractivity contribution >= 4 is 34.8 Å². The van der Waals surface area contributed by atoms with Crippen LogP contribution in [0, 0.1) is 18.3 Å². The minimum absolute atomic E-state index is 0.412. The monoisotopic (exact) mass is 441 g/mol. The maximum absolute atomic E-state index is 12.6. The third kappa shape index (κ3) is 6.04. The molecule has 2 aliphatic rings. The summed E-state index contributed by atoms with van der Waals surface area (Å²) in [5.74, 6) is 1.43. The first-order valence-electron chi connectivity index (χ1n) is 11.2. The van der Waals surface area contributed by atoms with E-state index in [2.05, 4.69) is 17.8 Å². The average molecular weight is 442 g/mol. The maximum Gasteiger partial charge on any atom is 0.303 e. The molecule has 31 heavy (non-hydrogen) atoms. The maximum atomic E-state index is 12.6. The van der Waals surface area contributed by atoms with E-state index in [0.717, 1.165) is 50.6 Å². The van der Waals surface area contributed by atoms with Gasteiger partial charge >= 0.3 is 5.91 Å². The van der Waals surface area contributed by atoms with Crippen LogP contribution < -0.4 is 16.0 Å². The Morgan fingerprint density at radius 1 is 1.29 bits per heavy atom. The molecule has 2 amide bonds. The molecule has 5 nitrogen and oxygen atoms in total. The molecule has 166 valence electrons. The van der Waals surface area contributed by atoms with Crippen molar-refractivity contribution < 1.29 is 9.59 Å². The summed E-state index contributed by atoms with van der Waals surface area (Å²) < 4.78 is 0. The highest BCUT2D eigenvalue weighted by molar-refractivity contribution is 6.33. The first kappa shape index (κ1) is 23.2. The Morgan fingerprint density at radius 3 is 2.65 bits per heavy atom. The number of carbonyl (C=O) groups excluding carboxylic acids is 2. The van der Waals surface area contributed by atoms with Crippen molar-refractivity contribution in [1.82, 2.24) is 0 Å². The molecule has 0 radical (unpaired) electrons. The van der Waals surface area contributed by atoms with Crippen molar-refractivity contribution in [2.75, 3.05) is 10.2 Å². The van der Waals surface area contributed by atoms with Gasteiger partial charge in [0.15, 0.2) is 0 Å². The first-order valence-corrected chi connectivity index (χ1v) is 11.6. The van der Waals surface area contributed by atoms with E-state index < -0.39 is 17.9 Å². The van der Waals surface area contributed by atoms with E-state index in [-0.39, 0.29) is 0 Å². The molecule has 0 spiro atoms. The summed E-state index contributed by atoms with van der Waals surface area (Å²) in [6.45, 7) is 4.10. The van der Waals surface area contributed by atoms with E-state index >= 15 is 0 Å². The van der Waals surface area contributed by atoms with Gasteiger partial charge in [0.1, 0.15) is 6.04 Å². The summed E-state index contributed by atoms with van der Waals surface area (Å²) in [4.78, 5) is 26.3. The van der Waals surface area contributed by atoms with Gasteiger partial charge in [-0.3, -0.25) is 14.5 Å². The fourth-order valence-electron chi connectivity index (χ4n) is 4.86. The van der Waals surface area contributed by atoms with Gasteiger partial charge in [0, 0.05) is 11.7 Å². The number of terminal acetylenes is 1. The molecule has 0 aromatic heterocycles. The quantitative estimate of drug-likeness (QED) is 0.438. The number of allylic oxidation sites excluding steroid dienone is 1. The predicted octanol–water partition coefficient (Wildman–Crippen LogP) is 5.04. The number of nitrogens with zero attached hydrogens (tertiary/aromatic N) is 1. The number of hydrogen-bond acceptors (Lipinski definition) is 3. The van der Waals surface area contributed by atoms with Crippen LogP contribution in [0.15, 0.2) is 30.4 Å². The molecule has 0 saturated heterocycles. The Kier molecular flexibility index (Phi) is 8.03. The number of anilines is 2. The van der Waals surface area contributed by atoms with E-state index in [1.807, 2.05) is 6.07 Å². The molecule has 2 aliphatic carbocycles. The van der Waals surface area contributed by atoms with Crippen molar-refractivity contribution in [3.05, 3.63) is 35.4 Å². The summed E-state index contributed by atoms with van der Waals surface area (Å²) in [6.07, 6.45) is 15.6. The molecular formula is C25H32ClN3O2. The molecule has 0 heterocycles. The van der Waals surface area contributed by atoms with Gasteiger partial charge in [0.2, 0.25) is 5.91 Å². The van der Waals surface area contributed by atoms with Crippen molar-refractivity contribution in [2.24, 2.45) is 11.7 Å². The van der Waals surface area contributed by atoms with Gasteiger partial charge in [-0.1, -0.05) is 36.6 Å². The van der Waals surface area contributed by atoms with Gasteiger partial charge in [-0.05, 0) is 81.4 Å². The van der Waals surface area contributed by atoms with Crippen LogP contribution in [0.4, 0.5) is 11.4 Å². The van der Waals surface area contributed by atoms with Crippen molar-refractivity contribution in [2.45, 2.75) is 76.3 Å². The molecule has 2 fully saturated rings. The lowest BCUT2D eigenvalue weighted by Gasteiger charge is -2.31. The Labute approximate surface area is 190 Å². The smallest absolute Gasteiger partial charge is 0.303 e. The summed E-state index contributed by atoms with van der Waals surface area (Å²) in [5.41, 5.74) is 8.28. The molecular weight excluding hydrogens is 410 g/mol. The Morgan fingerprint density at radius 2 is 2.03 bits per heavy atom. The van der Waals surface area contributed by atoms with Gasteiger partial charge in [-0.25, -0.2) is 0 Å². The lowest BCUT2D eigenvalue weighted by molar-refractivity contribution is -0.122. The summed E-state index contributed by atoms with van der Waals surface area (Å²) in [7, 11) is 0. The number of rotatable bonds is 8. The number of primary amides is 1. The molecule has 0 aliphatic heterocycles. The zero-order valence-corrected chi connectivity index (χ0v) is 18.8. The highest BCUT2D eigenvalue weighted by Gasteiger charge is 2.30. The topological polar surface area (TPSA) is 75.4 Å². The molecule has 1 aromatic carbocycles. The van der Waals surface area contributed by atoms with Crippen LogP contribution in [0.1, 0.15) is 64.2 Å². The second kappa shape index (κ2) is 10.7. The zero-order chi connectivity index (χ0) is 22.4. The van der Waals surface area contributed by atoms with Crippen LogP contribution in [0.3, 0.4) is 0 Å². The number of benzene rings is 1. The molecule has 2 atom stereocenters. The lowest BCUT2D eigenvalue weighted by Crippen LogP contribution is -2.48. The molecule has 2 unspecified atom stereocenters. The molecule has 3 rings (SSSR count). The zero-order valence-electron chi connectivity index (χ0n) is 18.0. The van der Waals surface area contributed by atoms with E-state index in [9.17, 15) is 9.59 Å². The number of nitrogens with one attached hydrogen (secondary N) is 1. The normalized spacial score (nSPS) is 20.1. The summed E-state index contributed by atoms with van der Waals surface area (Å²) in [6, 6.07) is 4.90. The summed E-state index contributed by atoms with van der Waals surface area (Å²) >= 11 is 6.52. The average Bonchev–Trinajstić information content (AvgIpc) is 3.25. The van der Waals surface area contributed by atoms with Crippen molar-refractivity contribution in [3.63, 3.8) is 0 Å². The number of hydrogen-bond donors (Lipinski definition) is 2. The minimum Gasteiger partial charge on any atom is -0.381 e. The SMILES string of the molecule is C#CC(=O)N(c1ccc(NC2CCCC2)c(Cl)c1)C(CCC1CCCC(=C)C1)C(N)=O. The van der Waals surface area contributed by atoms with Crippen molar-refractivity contribution in [1.29, 1.82) is 0 Å². The number of nitrogens with two attached hydrogens (primary N) is 1. The van der Waals surface area contributed by atoms with Gasteiger partial charge in [0.25, 0.3) is 0 Å². The molecule has 3 N–H and O–H groups in total. The highest BCUT2D eigenvalue weighted by Crippen LogP contribution is 2.34. The van der Waals surface area contributed by atoms with Crippen LogP contribution in [0.25, 0.3) is 0 Å². The van der Waals surface area contributed by atoms with Gasteiger partial charge in [-0.15, -0.1) is 6.42 Å². The predicted molar refractivity (Wildman–Crippen MR) is 127 cm³/mol. The van der Waals surface area contributed by atoms with Crippen LogP contribution in [-0.2, 0) is 9.59 Å². The van der Waals surface area contributed by atoms with E-state index in [4.69, 9.17) is 23.8 Å². The van der Waals surface area contributed by atoms with Crippen molar-refractivity contribution in [3.8, 4) is 12.3 Å². The molecule has 2 saturated carbocycles. The van der Waals surface area contributed by atoms with Crippen LogP contribution >= 0.6 is 11.6 Å². The number of amides is 2. The van der Waals surface area contributed by atoms with E-state index in [1.165, 1.54) is 23.3 Å². The summed E-state index contributed by atoms with van der Waals surface area (Å²) in [5, 5.41) is 3.96. The number of halogens is 1. The standard InChI is InChI=1S/C25H32ClN3O2/c1-3-24(30)29(23(25(27)31)14-11-18-8-6-7-17(2)15-18)20-12-13-22(21(26)16-20)28-19-9-4-5-10-19/h1,12-13,16,18-19,23,28H,2,4-11,14-15H2,(H2,27,31). The van der Waals surface area contributed by atoms with Gasteiger partial charge in [0.05, 0.1) is 10.7 Å². The van der Waals surface area contributed by atoms with Crippen LogP contribution in [-0.4, -0.2) is 23.9 Å². The first-order chi connectivity index (χ1) is 14.9. The highest BCUT2D eigenvalue weighted by atomic mass is 35.5. The fraction of sp³-hybridized carbons (Fsp3) is 0.520. The minimum atomic E-state index is -0.816. The second-order valence-electron chi connectivity index (χ2n) is 8.82. The van der Waals surface area contributed by atoms with E-state index in [0.29, 0.717) is 29.1 Å². The van der Waals surface area contributed by atoms with Gasteiger partial charge in [-0.2, -0.15) is 0 Å². The van der Waals surface area contributed by atoms with Gasteiger partial charge < -0.3 is 11.1 Å². The number of carbonyl (C=O) groups is 2. The Balaban J connectivity index is 1.78. The molecule has 0 bridgehead atoms.